The van der Waals surface area contributed by atoms with Crippen molar-refractivity contribution in [3.8, 4) is 0 Å². The molecule has 0 atom stereocenters. The average molecular weight is 438 g/mol. The number of halogens is 3. The van der Waals surface area contributed by atoms with Crippen molar-refractivity contribution in [2.24, 2.45) is 0 Å². The normalized spacial score (nSPS) is 14.9. The minimum atomic E-state index is -0.825. The van der Waals surface area contributed by atoms with Crippen molar-refractivity contribution in [1.29, 1.82) is 0 Å². The number of hydrogen-bond donors (Lipinski definition) is 0. The van der Waals surface area contributed by atoms with Crippen molar-refractivity contribution in [2.45, 2.75) is 0 Å². The van der Waals surface area contributed by atoms with Crippen LogP contribution in [0.2, 0.25) is 0 Å². The monoisotopic (exact) mass is 437 g/mol. The Hall–Kier alpha value is -2.06. The fourth-order valence-electron chi connectivity index (χ4n) is 2.96. The highest BCUT2D eigenvalue weighted by Crippen LogP contribution is 2.31. The first-order chi connectivity index (χ1) is 12.5. The van der Waals surface area contributed by atoms with Gasteiger partial charge < -0.3 is 9.80 Å². The predicted molar refractivity (Wildman–Crippen MR) is 102 cm³/mol. The SMILES string of the molecule is O=C(c1ccc(F)cc1F)N1CCN(c2nc3ccc(Br)cc3s2)CC1. The van der Waals surface area contributed by atoms with Gasteiger partial charge in [-0.1, -0.05) is 27.3 Å². The summed E-state index contributed by atoms with van der Waals surface area (Å²) in [6.07, 6.45) is 0. The molecule has 2 heterocycles. The van der Waals surface area contributed by atoms with E-state index in [1.807, 2.05) is 18.2 Å². The van der Waals surface area contributed by atoms with E-state index >= 15 is 0 Å². The molecule has 3 aromatic rings. The fraction of sp³-hybridized carbons (Fsp3) is 0.222. The fourth-order valence-corrected chi connectivity index (χ4v) is 4.52. The van der Waals surface area contributed by atoms with Crippen molar-refractivity contribution in [2.75, 3.05) is 31.1 Å². The second kappa shape index (κ2) is 6.92. The molecule has 1 amide bonds. The molecule has 1 aliphatic rings. The van der Waals surface area contributed by atoms with Gasteiger partial charge in [-0.15, -0.1) is 0 Å². The summed E-state index contributed by atoms with van der Waals surface area (Å²) >= 11 is 5.07. The van der Waals surface area contributed by atoms with Crippen molar-refractivity contribution in [3.05, 3.63) is 58.1 Å². The van der Waals surface area contributed by atoms with Gasteiger partial charge in [0.05, 0.1) is 15.8 Å². The van der Waals surface area contributed by atoms with E-state index in [1.54, 1.807) is 16.2 Å². The zero-order valence-corrected chi connectivity index (χ0v) is 16.0. The summed E-state index contributed by atoms with van der Waals surface area (Å²) in [5, 5.41) is 0.915. The lowest BCUT2D eigenvalue weighted by Gasteiger charge is -2.34. The van der Waals surface area contributed by atoms with Crippen LogP contribution < -0.4 is 4.90 Å². The minimum Gasteiger partial charge on any atom is -0.345 e. The van der Waals surface area contributed by atoms with Gasteiger partial charge in [-0.05, 0) is 30.3 Å². The van der Waals surface area contributed by atoms with Crippen molar-refractivity contribution < 1.29 is 13.6 Å². The van der Waals surface area contributed by atoms with E-state index in [1.165, 1.54) is 6.07 Å². The second-order valence-corrected chi connectivity index (χ2v) is 7.94. The van der Waals surface area contributed by atoms with Gasteiger partial charge in [0.25, 0.3) is 5.91 Å². The minimum absolute atomic E-state index is 0.0929. The molecule has 0 N–H and O–H groups in total. The van der Waals surface area contributed by atoms with Gasteiger partial charge in [0.2, 0.25) is 0 Å². The first-order valence-corrected chi connectivity index (χ1v) is 9.67. The maximum absolute atomic E-state index is 13.8. The topological polar surface area (TPSA) is 36.4 Å². The van der Waals surface area contributed by atoms with Crippen LogP contribution in [0.15, 0.2) is 40.9 Å². The average Bonchev–Trinajstić information content (AvgIpc) is 3.04. The Kier molecular flexibility index (Phi) is 4.62. The Morgan fingerprint density at radius 3 is 2.58 bits per heavy atom. The zero-order chi connectivity index (χ0) is 18.3. The van der Waals surface area contributed by atoms with Gasteiger partial charge in [-0.2, -0.15) is 0 Å². The molecule has 8 heteroatoms. The molecule has 2 aromatic carbocycles. The highest BCUT2D eigenvalue weighted by molar-refractivity contribution is 9.10. The third-order valence-electron chi connectivity index (χ3n) is 4.34. The van der Waals surface area contributed by atoms with Crippen LogP contribution in [0.4, 0.5) is 13.9 Å². The molecule has 1 aliphatic heterocycles. The van der Waals surface area contributed by atoms with E-state index in [4.69, 9.17) is 0 Å². The quantitative estimate of drug-likeness (QED) is 0.599. The second-order valence-electron chi connectivity index (χ2n) is 6.01. The summed E-state index contributed by atoms with van der Waals surface area (Å²) in [6, 6.07) is 9.00. The lowest BCUT2D eigenvalue weighted by molar-refractivity contribution is 0.0742. The Morgan fingerprint density at radius 1 is 1.08 bits per heavy atom. The Labute approximate surface area is 161 Å². The third-order valence-corrected chi connectivity index (χ3v) is 5.91. The van der Waals surface area contributed by atoms with E-state index < -0.39 is 17.5 Å². The molecule has 1 fully saturated rings. The van der Waals surface area contributed by atoms with E-state index in [-0.39, 0.29) is 5.56 Å². The Bertz CT molecular complexity index is 986. The van der Waals surface area contributed by atoms with Crippen molar-refractivity contribution in [3.63, 3.8) is 0 Å². The number of nitrogens with zero attached hydrogens (tertiary/aromatic N) is 3. The van der Waals surface area contributed by atoms with Crippen LogP contribution in [-0.2, 0) is 0 Å². The van der Waals surface area contributed by atoms with Crippen LogP contribution in [0.3, 0.4) is 0 Å². The first kappa shape index (κ1) is 17.4. The van der Waals surface area contributed by atoms with E-state index in [9.17, 15) is 13.6 Å². The van der Waals surface area contributed by atoms with Crippen molar-refractivity contribution in [1.82, 2.24) is 9.88 Å². The van der Waals surface area contributed by atoms with E-state index in [0.29, 0.717) is 26.2 Å². The number of thiazole rings is 1. The number of carbonyl (C=O) groups excluding carboxylic acids is 1. The number of carbonyl (C=O) groups is 1. The summed E-state index contributed by atoms with van der Waals surface area (Å²) in [6.45, 7) is 2.18. The molecule has 0 aliphatic carbocycles. The molecule has 4 nitrogen and oxygen atoms in total. The highest BCUT2D eigenvalue weighted by Gasteiger charge is 2.25. The van der Waals surface area contributed by atoms with Crippen LogP contribution in [0.25, 0.3) is 10.2 Å². The van der Waals surface area contributed by atoms with Gasteiger partial charge in [0, 0.05) is 36.7 Å². The molecule has 134 valence electrons. The summed E-state index contributed by atoms with van der Waals surface area (Å²) < 4.78 is 29.0. The van der Waals surface area contributed by atoms with E-state index in [0.717, 1.165) is 32.0 Å². The third kappa shape index (κ3) is 3.31. The van der Waals surface area contributed by atoms with Crippen LogP contribution in [0.5, 0.6) is 0 Å². The van der Waals surface area contributed by atoms with Crippen LogP contribution >= 0.6 is 27.3 Å². The van der Waals surface area contributed by atoms with Gasteiger partial charge in [0.1, 0.15) is 11.6 Å². The zero-order valence-electron chi connectivity index (χ0n) is 13.6. The standard InChI is InChI=1S/C18H14BrF2N3OS/c19-11-1-4-15-16(9-11)26-18(22-15)24-7-5-23(6-8-24)17(25)13-3-2-12(20)10-14(13)21/h1-4,9-10H,5-8H2. The summed E-state index contributed by atoms with van der Waals surface area (Å²) in [5.41, 5.74) is 0.852. The Morgan fingerprint density at radius 2 is 1.85 bits per heavy atom. The lowest BCUT2D eigenvalue weighted by Crippen LogP contribution is -2.49. The molecular formula is C18H14BrF2N3OS. The van der Waals surface area contributed by atoms with Gasteiger partial charge in [0.15, 0.2) is 5.13 Å². The highest BCUT2D eigenvalue weighted by atomic mass is 79.9. The number of fused-ring (bicyclic) bond motifs is 1. The largest absolute Gasteiger partial charge is 0.345 e. The molecule has 1 aromatic heterocycles. The summed E-state index contributed by atoms with van der Waals surface area (Å²) in [7, 11) is 0. The molecular weight excluding hydrogens is 424 g/mol. The molecule has 0 spiro atoms. The van der Waals surface area contributed by atoms with Crippen LogP contribution in [0.1, 0.15) is 10.4 Å². The van der Waals surface area contributed by atoms with Crippen molar-refractivity contribution >= 4 is 48.5 Å². The number of benzene rings is 2. The molecule has 4 rings (SSSR count). The van der Waals surface area contributed by atoms with Crippen LogP contribution in [0, 0.1) is 11.6 Å². The van der Waals surface area contributed by atoms with Gasteiger partial charge >= 0.3 is 0 Å². The number of rotatable bonds is 2. The smallest absolute Gasteiger partial charge is 0.256 e. The van der Waals surface area contributed by atoms with Crippen LogP contribution in [-0.4, -0.2) is 42.0 Å². The predicted octanol–water partition coefficient (Wildman–Crippen LogP) is 4.30. The number of anilines is 1. The molecule has 1 saturated heterocycles. The molecule has 0 saturated carbocycles. The van der Waals surface area contributed by atoms with E-state index in [2.05, 4.69) is 25.8 Å². The molecule has 0 radical (unpaired) electrons. The number of hydrogen-bond acceptors (Lipinski definition) is 4. The summed E-state index contributed by atoms with van der Waals surface area (Å²) in [4.78, 5) is 20.9. The summed E-state index contributed by atoms with van der Waals surface area (Å²) in [5.74, 6) is -1.92. The van der Waals surface area contributed by atoms with Gasteiger partial charge in [-0.3, -0.25) is 4.79 Å². The maximum atomic E-state index is 13.8. The maximum Gasteiger partial charge on any atom is 0.256 e. The first-order valence-electron chi connectivity index (χ1n) is 8.06. The Balaban J connectivity index is 1.47. The number of piperazine rings is 1. The number of amides is 1. The molecule has 0 bridgehead atoms. The molecule has 26 heavy (non-hydrogen) atoms. The lowest BCUT2D eigenvalue weighted by atomic mass is 10.1. The molecule has 0 unspecified atom stereocenters. The number of aromatic nitrogens is 1. The van der Waals surface area contributed by atoms with Gasteiger partial charge in [-0.25, -0.2) is 13.8 Å².